The van der Waals surface area contributed by atoms with Crippen LogP contribution in [0, 0.1) is 0 Å². The molecular formula is C11H21N4O6P. The van der Waals surface area contributed by atoms with E-state index in [0.717, 1.165) is 0 Å². The summed E-state index contributed by atoms with van der Waals surface area (Å²) in [5.74, 6) is 0.172. The van der Waals surface area contributed by atoms with Crippen LogP contribution in [-0.2, 0) is 21.3 Å². The summed E-state index contributed by atoms with van der Waals surface area (Å²) in [6.45, 7) is 4.77. The van der Waals surface area contributed by atoms with Gasteiger partial charge >= 0.3 is 13.3 Å². The fourth-order valence-corrected chi connectivity index (χ4v) is 2.15. The molecule has 22 heavy (non-hydrogen) atoms. The van der Waals surface area contributed by atoms with Crippen molar-refractivity contribution in [1.29, 1.82) is 0 Å². The van der Waals surface area contributed by atoms with Crippen molar-refractivity contribution < 1.29 is 24.2 Å². The zero-order valence-electron chi connectivity index (χ0n) is 12.6. The van der Waals surface area contributed by atoms with E-state index >= 15 is 0 Å². The van der Waals surface area contributed by atoms with Gasteiger partial charge in [0.1, 0.15) is 12.2 Å². The molecule has 1 aromatic heterocycles. The summed E-state index contributed by atoms with van der Waals surface area (Å²) in [4.78, 5) is 37.2. The number of nitrogens with two attached hydrogens (primary N) is 1. The molecular weight excluding hydrogens is 315 g/mol. The van der Waals surface area contributed by atoms with Gasteiger partial charge in [0.2, 0.25) is 5.95 Å². The average Bonchev–Trinajstić information content (AvgIpc) is 2.33. The summed E-state index contributed by atoms with van der Waals surface area (Å²) in [6, 6.07) is 0. The molecule has 126 valence electrons. The number of aromatic nitrogens is 3. The number of aliphatic hydroxyl groups excluding tert-OH is 1. The first-order valence-electron chi connectivity index (χ1n) is 6.46. The highest BCUT2D eigenvalue weighted by molar-refractivity contribution is 7.51. The fraction of sp³-hybridized carbons (Fsp3) is 0.727. The van der Waals surface area contributed by atoms with E-state index in [1.807, 2.05) is 20.8 Å². The maximum Gasteiger partial charge on any atom is 0.352 e. The first kappa shape index (κ1) is 18.7. The highest BCUT2D eigenvalue weighted by Crippen LogP contribution is 2.34. The molecule has 0 saturated heterocycles. The molecule has 0 aliphatic rings. The third-order valence-electron chi connectivity index (χ3n) is 2.66. The molecule has 1 rings (SSSR count). The van der Waals surface area contributed by atoms with E-state index in [-0.39, 0.29) is 12.5 Å². The largest absolute Gasteiger partial charge is 0.394 e. The summed E-state index contributed by atoms with van der Waals surface area (Å²) in [7, 11) is -4.37. The maximum absolute atomic E-state index is 12.0. The highest BCUT2D eigenvalue weighted by Gasteiger charge is 2.25. The number of nitrogens with zero attached hydrogens (tertiary/aromatic N) is 3. The molecule has 10 nitrogen and oxygen atoms in total. The van der Waals surface area contributed by atoms with Crippen molar-refractivity contribution in [3.63, 3.8) is 0 Å². The van der Waals surface area contributed by atoms with Crippen LogP contribution in [0.5, 0.6) is 0 Å². The van der Waals surface area contributed by atoms with Crippen LogP contribution in [0.2, 0.25) is 0 Å². The van der Waals surface area contributed by atoms with E-state index in [4.69, 9.17) is 20.3 Å². The van der Waals surface area contributed by atoms with Crippen LogP contribution in [0.1, 0.15) is 26.6 Å². The molecule has 1 heterocycles. The second kappa shape index (κ2) is 6.84. The Bertz CT molecular complexity index is 620. The Morgan fingerprint density at radius 3 is 2.41 bits per heavy atom. The van der Waals surface area contributed by atoms with Gasteiger partial charge in [-0.1, -0.05) is 20.8 Å². The minimum Gasteiger partial charge on any atom is -0.394 e. The van der Waals surface area contributed by atoms with E-state index in [9.17, 15) is 14.5 Å². The summed E-state index contributed by atoms with van der Waals surface area (Å²) >= 11 is 0. The Kier molecular flexibility index (Phi) is 5.82. The summed E-state index contributed by atoms with van der Waals surface area (Å²) in [6.07, 6.45) is -1.84. The molecule has 0 radical (unpaired) electrons. The normalized spacial score (nSPS) is 14.1. The number of hydrogen-bond donors (Lipinski definition) is 4. The van der Waals surface area contributed by atoms with Gasteiger partial charge in [-0.25, -0.2) is 4.79 Å². The second-order valence-electron chi connectivity index (χ2n) is 5.81. The Labute approximate surface area is 127 Å². The van der Waals surface area contributed by atoms with Gasteiger partial charge in [-0.15, -0.1) is 0 Å². The van der Waals surface area contributed by atoms with Crippen molar-refractivity contribution in [2.45, 2.75) is 38.8 Å². The zero-order valence-corrected chi connectivity index (χ0v) is 13.5. The number of hydrogen-bond acceptors (Lipinski definition) is 7. The van der Waals surface area contributed by atoms with Gasteiger partial charge < -0.3 is 25.4 Å². The predicted octanol–water partition coefficient (Wildman–Crippen LogP) is -0.969. The molecule has 1 atom stereocenters. The fourth-order valence-electron chi connectivity index (χ4n) is 1.75. The Morgan fingerprint density at radius 1 is 1.36 bits per heavy atom. The van der Waals surface area contributed by atoms with Crippen molar-refractivity contribution in [3.05, 3.63) is 16.3 Å². The monoisotopic (exact) mass is 336 g/mol. The summed E-state index contributed by atoms with van der Waals surface area (Å²) in [5.41, 5.74) is 4.29. The lowest BCUT2D eigenvalue weighted by molar-refractivity contribution is 0.0176. The van der Waals surface area contributed by atoms with Gasteiger partial charge in [0.15, 0.2) is 0 Å². The van der Waals surface area contributed by atoms with E-state index in [0.29, 0.717) is 5.82 Å². The molecule has 0 aliphatic heterocycles. The molecule has 0 bridgehead atoms. The third kappa shape index (κ3) is 5.47. The van der Waals surface area contributed by atoms with Crippen molar-refractivity contribution in [2.75, 3.05) is 18.7 Å². The molecule has 0 saturated carbocycles. The van der Waals surface area contributed by atoms with E-state index < -0.39 is 37.8 Å². The molecule has 0 aliphatic carbocycles. The Morgan fingerprint density at radius 2 is 1.95 bits per heavy atom. The maximum atomic E-state index is 12.0. The topological polar surface area (TPSA) is 161 Å². The lowest BCUT2D eigenvalue weighted by Gasteiger charge is -2.24. The van der Waals surface area contributed by atoms with Gasteiger partial charge in [0.05, 0.1) is 19.3 Å². The molecule has 1 aromatic rings. The average molecular weight is 336 g/mol. The first-order valence-corrected chi connectivity index (χ1v) is 8.25. The summed E-state index contributed by atoms with van der Waals surface area (Å²) in [5, 5.41) is 9.26. The van der Waals surface area contributed by atoms with Crippen molar-refractivity contribution in [2.24, 2.45) is 0 Å². The second-order valence-corrected chi connectivity index (χ2v) is 7.40. The number of ether oxygens (including phenoxy) is 1. The molecule has 5 N–H and O–H groups in total. The van der Waals surface area contributed by atoms with Crippen LogP contribution in [-0.4, -0.2) is 48.5 Å². The number of anilines is 1. The number of nitrogen functional groups attached to an aromatic ring is 1. The molecule has 0 amide bonds. The minimum atomic E-state index is -4.37. The number of aliphatic hydroxyl groups is 1. The lowest BCUT2D eigenvalue weighted by Crippen LogP contribution is -2.38. The van der Waals surface area contributed by atoms with E-state index in [2.05, 4.69) is 9.97 Å². The van der Waals surface area contributed by atoms with Crippen LogP contribution in [0.4, 0.5) is 5.95 Å². The zero-order chi connectivity index (χ0) is 17.1. The Balaban J connectivity index is 3.10. The Hall–Kier alpha value is -1.32. The standard InChI is InChI=1S/C11H21N4O6P/c1-11(2,3)8-13-9(12)14-10(17)15(8)4-7(5-16)21-6-22(18,19)20/h7,16H,4-6H2,1-3H3,(H2,12,14,17)(H2,18,19,20). The smallest absolute Gasteiger partial charge is 0.352 e. The van der Waals surface area contributed by atoms with Crippen LogP contribution in [0.15, 0.2) is 4.79 Å². The van der Waals surface area contributed by atoms with Gasteiger partial charge in [0.25, 0.3) is 0 Å². The van der Waals surface area contributed by atoms with Crippen LogP contribution < -0.4 is 11.4 Å². The number of rotatable bonds is 6. The molecule has 11 heteroatoms. The molecule has 0 fully saturated rings. The quantitative estimate of drug-likeness (QED) is 0.479. The predicted molar refractivity (Wildman–Crippen MR) is 78.3 cm³/mol. The van der Waals surface area contributed by atoms with E-state index in [1.54, 1.807) is 0 Å². The third-order valence-corrected chi connectivity index (χ3v) is 3.14. The minimum absolute atomic E-state index is 0.151. The van der Waals surface area contributed by atoms with Gasteiger partial charge in [-0.3, -0.25) is 9.13 Å². The highest BCUT2D eigenvalue weighted by atomic mass is 31.2. The summed E-state index contributed by atoms with van der Waals surface area (Å²) < 4.78 is 17.0. The van der Waals surface area contributed by atoms with Crippen molar-refractivity contribution in [3.8, 4) is 0 Å². The van der Waals surface area contributed by atoms with Gasteiger partial charge in [-0.05, 0) is 0 Å². The molecule has 1 unspecified atom stereocenters. The van der Waals surface area contributed by atoms with Crippen molar-refractivity contribution >= 4 is 13.5 Å². The molecule has 0 spiro atoms. The van der Waals surface area contributed by atoms with Crippen LogP contribution >= 0.6 is 7.60 Å². The first-order chi connectivity index (χ1) is 9.94. The van der Waals surface area contributed by atoms with Gasteiger partial charge in [0, 0.05) is 5.41 Å². The van der Waals surface area contributed by atoms with Crippen LogP contribution in [0.25, 0.3) is 0 Å². The lowest BCUT2D eigenvalue weighted by atomic mass is 9.95. The van der Waals surface area contributed by atoms with E-state index in [1.165, 1.54) is 4.57 Å². The SMILES string of the molecule is CC(C)(C)c1nc(N)nc(=O)n1CC(CO)OCP(=O)(O)O. The van der Waals surface area contributed by atoms with Crippen LogP contribution in [0.3, 0.4) is 0 Å². The molecule has 0 aromatic carbocycles. The van der Waals surface area contributed by atoms with Crippen molar-refractivity contribution in [1.82, 2.24) is 14.5 Å². The van der Waals surface area contributed by atoms with Gasteiger partial charge in [-0.2, -0.15) is 9.97 Å².